The van der Waals surface area contributed by atoms with Gasteiger partial charge in [0.2, 0.25) is 10.0 Å². The number of para-hydroxylation sites is 1. The quantitative estimate of drug-likeness (QED) is 0.793. The van der Waals surface area contributed by atoms with Gasteiger partial charge in [-0.1, -0.05) is 18.2 Å². The number of carboxylic acid groups (broad SMARTS) is 1. The predicted molar refractivity (Wildman–Crippen MR) is 100 cm³/mol. The van der Waals surface area contributed by atoms with Crippen molar-refractivity contribution >= 4 is 27.4 Å². The number of anilines is 2. The van der Waals surface area contributed by atoms with Crippen LogP contribution in [0.15, 0.2) is 59.5 Å². The Labute approximate surface area is 152 Å². The third-order valence-electron chi connectivity index (χ3n) is 4.33. The lowest BCUT2D eigenvalue weighted by molar-refractivity contribution is -0.135. The van der Waals surface area contributed by atoms with E-state index in [2.05, 4.69) is 26.7 Å². The maximum Gasteiger partial charge on any atom is 0.318 e. The molecule has 1 fully saturated rings. The van der Waals surface area contributed by atoms with E-state index in [1.54, 1.807) is 12.1 Å². The fraction of sp³-hybridized carbons (Fsp3) is 0.278. The predicted octanol–water partition coefficient (Wildman–Crippen LogP) is 1.38. The fourth-order valence-electron chi connectivity index (χ4n) is 2.94. The largest absolute Gasteiger partial charge is 0.480 e. The summed E-state index contributed by atoms with van der Waals surface area (Å²) in [5, 5.41) is 8.60. The summed E-state index contributed by atoms with van der Waals surface area (Å²) in [4.78, 5) is 15.1. The number of hydrogen-bond acceptors (Lipinski definition) is 5. The van der Waals surface area contributed by atoms with Crippen molar-refractivity contribution < 1.29 is 18.3 Å². The van der Waals surface area contributed by atoms with Gasteiger partial charge in [-0.05, 0) is 36.4 Å². The number of piperazine rings is 1. The topological polar surface area (TPSA) is 89.9 Å². The van der Waals surface area contributed by atoms with E-state index in [1.165, 1.54) is 17.8 Å². The van der Waals surface area contributed by atoms with Crippen molar-refractivity contribution in [3.63, 3.8) is 0 Å². The Kier molecular flexibility index (Phi) is 5.43. The SMILES string of the molecule is O=C(O)CNS(=O)(=O)c1ccc(N2CCN(c3ccccc3)CC2)cc1. The van der Waals surface area contributed by atoms with Crippen LogP contribution in [-0.2, 0) is 14.8 Å². The van der Waals surface area contributed by atoms with E-state index in [-0.39, 0.29) is 4.90 Å². The number of nitrogens with one attached hydrogen (secondary N) is 1. The van der Waals surface area contributed by atoms with Gasteiger partial charge < -0.3 is 14.9 Å². The zero-order valence-electron chi connectivity index (χ0n) is 14.2. The Hall–Kier alpha value is -2.58. The second kappa shape index (κ2) is 7.76. The minimum atomic E-state index is -3.81. The second-order valence-electron chi connectivity index (χ2n) is 6.02. The maximum atomic E-state index is 12.0. The van der Waals surface area contributed by atoms with E-state index in [9.17, 15) is 13.2 Å². The van der Waals surface area contributed by atoms with Crippen molar-refractivity contribution in [2.45, 2.75) is 4.90 Å². The molecule has 1 saturated heterocycles. The van der Waals surface area contributed by atoms with Crippen molar-refractivity contribution in [1.29, 1.82) is 0 Å². The van der Waals surface area contributed by atoms with Gasteiger partial charge in [0.25, 0.3) is 0 Å². The van der Waals surface area contributed by atoms with Crippen LogP contribution in [0.1, 0.15) is 0 Å². The van der Waals surface area contributed by atoms with E-state index in [0.717, 1.165) is 31.9 Å². The Balaban J connectivity index is 1.62. The Bertz CT molecular complexity index is 846. The van der Waals surface area contributed by atoms with E-state index in [0.29, 0.717) is 0 Å². The van der Waals surface area contributed by atoms with Gasteiger partial charge in [-0.25, -0.2) is 8.42 Å². The molecule has 138 valence electrons. The molecule has 0 radical (unpaired) electrons. The molecule has 1 aliphatic heterocycles. The summed E-state index contributed by atoms with van der Waals surface area (Å²) in [5.41, 5.74) is 2.16. The lowest BCUT2D eigenvalue weighted by atomic mass is 10.2. The van der Waals surface area contributed by atoms with Gasteiger partial charge in [-0.2, -0.15) is 4.72 Å². The van der Waals surface area contributed by atoms with Crippen molar-refractivity contribution in [3.05, 3.63) is 54.6 Å². The monoisotopic (exact) mass is 375 g/mol. The normalized spacial score (nSPS) is 15.1. The molecule has 0 aliphatic carbocycles. The Morgan fingerprint density at radius 3 is 1.88 bits per heavy atom. The number of hydrogen-bond donors (Lipinski definition) is 2. The molecule has 1 aliphatic rings. The van der Waals surface area contributed by atoms with Crippen LogP contribution in [0.2, 0.25) is 0 Å². The molecule has 0 bridgehead atoms. The van der Waals surface area contributed by atoms with Crippen molar-refractivity contribution in [2.24, 2.45) is 0 Å². The highest BCUT2D eigenvalue weighted by atomic mass is 32.2. The first-order valence-electron chi connectivity index (χ1n) is 8.32. The molecule has 0 spiro atoms. The summed E-state index contributed by atoms with van der Waals surface area (Å²) in [6, 6.07) is 16.8. The molecule has 7 nitrogen and oxygen atoms in total. The summed E-state index contributed by atoms with van der Waals surface area (Å²) in [5.74, 6) is -1.22. The van der Waals surface area contributed by atoms with Gasteiger partial charge in [-0.15, -0.1) is 0 Å². The summed E-state index contributed by atoms with van der Waals surface area (Å²) in [7, 11) is -3.81. The fourth-order valence-corrected chi connectivity index (χ4v) is 3.91. The van der Waals surface area contributed by atoms with Crippen LogP contribution in [-0.4, -0.2) is 52.2 Å². The third-order valence-corrected chi connectivity index (χ3v) is 5.74. The molecule has 0 unspecified atom stereocenters. The first-order valence-corrected chi connectivity index (χ1v) is 9.80. The molecule has 1 heterocycles. The summed E-state index contributed by atoms with van der Waals surface area (Å²) in [6.45, 7) is 2.84. The van der Waals surface area contributed by atoms with Crippen LogP contribution in [0.25, 0.3) is 0 Å². The van der Waals surface area contributed by atoms with Gasteiger partial charge in [-0.3, -0.25) is 4.79 Å². The summed E-state index contributed by atoms with van der Waals surface area (Å²) < 4.78 is 26.1. The number of aliphatic carboxylic acids is 1. The molecular formula is C18H21N3O4S. The Morgan fingerprint density at radius 1 is 0.885 bits per heavy atom. The molecule has 0 aromatic heterocycles. The zero-order chi connectivity index (χ0) is 18.6. The van der Waals surface area contributed by atoms with Gasteiger partial charge in [0.15, 0.2) is 0 Å². The third kappa shape index (κ3) is 4.33. The molecule has 8 heteroatoms. The van der Waals surface area contributed by atoms with Crippen molar-refractivity contribution in [1.82, 2.24) is 4.72 Å². The highest BCUT2D eigenvalue weighted by Crippen LogP contribution is 2.22. The van der Waals surface area contributed by atoms with Crippen molar-refractivity contribution in [2.75, 3.05) is 42.5 Å². The van der Waals surface area contributed by atoms with E-state index in [1.807, 2.05) is 18.2 Å². The van der Waals surface area contributed by atoms with Crippen molar-refractivity contribution in [3.8, 4) is 0 Å². The molecule has 26 heavy (non-hydrogen) atoms. The highest BCUT2D eigenvalue weighted by Gasteiger charge is 2.19. The summed E-state index contributed by atoms with van der Waals surface area (Å²) in [6.07, 6.45) is 0. The average Bonchev–Trinajstić information content (AvgIpc) is 2.67. The minimum absolute atomic E-state index is 0.0606. The number of carboxylic acids is 1. The molecule has 2 aromatic carbocycles. The van der Waals surface area contributed by atoms with E-state index >= 15 is 0 Å². The number of sulfonamides is 1. The number of rotatable bonds is 6. The molecule has 0 amide bonds. The van der Waals surface area contributed by atoms with Crippen LogP contribution < -0.4 is 14.5 Å². The Morgan fingerprint density at radius 2 is 1.38 bits per heavy atom. The lowest BCUT2D eigenvalue weighted by Gasteiger charge is -2.37. The molecule has 2 N–H and O–H groups in total. The standard InChI is InChI=1S/C18H21N3O4S/c22-18(23)14-19-26(24,25)17-8-6-16(7-9-17)21-12-10-20(11-13-21)15-4-2-1-3-5-15/h1-9,19H,10-14H2,(H,22,23). The lowest BCUT2D eigenvalue weighted by Crippen LogP contribution is -2.46. The smallest absolute Gasteiger partial charge is 0.318 e. The van der Waals surface area contributed by atoms with E-state index < -0.39 is 22.5 Å². The zero-order valence-corrected chi connectivity index (χ0v) is 15.0. The van der Waals surface area contributed by atoms with Gasteiger partial charge in [0.05, 0.1) is 4.90 Å². The van der Waals surface area contributed by atoms with Gasteiger partial charge in [0.1, 0.15) is 6.54 Å². The molecule has 2 aromatic rings. The van der Waals surface area contributed by atoms with E-state index in [4.69, 9.17) is 5.11 Å². The summed E-state index contributed by atoms with van der Waals surface area (Å²) >= 11 is 0. The van der Waals surface area contributed by atoms with Crippen LogP contribution in [0.5, 0.6) is 0 Å². The number of nitrogens with zero attached hydrogens (tertiary/aromatic N) is 2. The number of benzene rings is 2. The van der Waals surface area contributed by atoms with Gasteiger partial charge in [0, 0.05) is 37.6 Å². The van der Waals surface area contributed by atoms with Gasteiger partial charge >= 0.3 is 5.97 Å². The minimum Gasteiger partial charge on any atom is -0.480 e. The molecular weight excluding hydrogens is 354 g/mol. The molecule has 3 rings (SSSR count). The molecule has 0 saturated carbocycles. The van der Waals surface area contributed by atoms with Crippen LogP contribution in [0.3, 0.4) is 0 Å². The van der Waals surface area contributed by atoms with Crippen LogP contribution >= 0.6 is 0 Å². The van der Waals surface area contributed by atoms with Crippen LogP contribution in [0, 0.1) is 0 Å². The maximum absolute atomic E-state index is 12.0. The molecule has 0 atom stereocenters. The first-order chi connectivity index (χ1) is 12.5. The highest BCUT2D eigenvalue weighted by molar-refractivity contribution is 7.89. The van der Waals surface area contributed by atoms with Crippen LogP contribution in [0.4, 0.5) is 11.4 Å². The first kappa shape index (κ1) is 18.2. The second-order valence-corrected chi connectivity index (χ2v) is 7.79. The average molecular weight is 375 g/mol. The number of carbonyl (C=O) groups is 1.